The van der Waals surface area contributed by atoms with E-state index in [0.29, 0.717) is 24.6 Å². The Labute approximate surface area is 153 Å². The SMILES string of the molecule is CCOc1ccccc1NC(=O)[C@H]([NH2+]Cc1ccco1)c1ccccc1. The van der Waals surface area contributed by atoms with Crippen LogP contribution >= 0.6 is 0 Å². The molecule has 0 spiro atoms. The van der Waals surface area contributed by atoms with Crippen molar-refractivity contribution in [2.75, 3.05) is 11.9 Å². The van der Waals surface area contributed by atoms with Gasteiger partial charge in [-0.3, -0.25) is 4.79 Å². The Balaban J connectivity index is 1.78. The second-order valence-corrected chi connectivity index (χ2v) is 5.83. The maximum absolute atomic E-state index is 13.0. The summed E-state index contributed by atoms with van der Waals surface area (Å²) < 4.78 is 11.0. The lowest BCUT2D eigenvalue weighted by Crippen LogP contribution is -2.85. The number of carbonyl (C=O) groups excluding carboxylic acids is 1. The quantitative estimate of drug-likeness (QED) is 0.655. The van der Waals surface area contributed by atoms with Crippen LogP contribution in [0.2, 0.25) is 0 Å². The highest BCUT2D eigenvalue weighted by atomic mass is 16.5. The van der Waals surface area contributed by atoms with Gasteiger partial charge in [-0.2, -0.15) is 0 Å². The fourth-order valence-corrected chi connectivity index (χ4v) is 2.78. The van der Waals surface area contributed by atoms with E-state index in [1.807, 2.05) is 79.0 Å². The van der Waals surface area contributed by atoms with Gasteiger partial charge in [0.2, 0.25) is 0 Å². The number of carbonyl (C=O) groups is 1. The van der Waals surface area contributed by atoms with Crippen molar-refractivity contribution in [3.8, 4) is 5.75 Å². The Morgan fingerprint density at radius 3 is 2.58 bits per heavy atom. The third-order valence-corrected chi connectivity index (χ3v) is 4.02. The first-order valence-corrected chi connectivity index (χ1v) is 8.71. The van der Waals surface area contributed by atoms with Gasteiger partial charge in [0.25, 0.3) is 5.91 Å². The number of hydrogen-bond donors (Lipinski definition) is 2. The molecule has 1 amide bonds. The molecular formula is C21H23N2O3+. The van der Waals surface area contributed by atoms with E-state index in [9.17, 15) is 4.79 Å². The molecule has 0 saturated carbocycles. The van der Waals surface area contributed by atoms with Crippen molar-refractivity contribution < 1.29 is 19.3 Å². The van der Waals surface area contributed by atoms with Gasteiger partial charge >= 0.3 is 0 Å². The van der Waals surface area contributed by atoms with Crippen LogP contribution in [0.1, 0.15) is 24.3 Å². The number of rotatable bonds is 8. The molecule has 1 aromatic heterocycles. The summed E-state index contributed by atoms with van der Waals surface area (Å²) in [6.45, 7) is 3.04. The summed E-state index contributed by atoms with van der Waals surface area (Å²) in [7, 11) is 0. The van der Waals surface area contributed by atoms with Gasteiger partial charge in [0.1, 0.15) is 12.3 Å². The number of para-hydroxylation sites is 2. The Kier molecular flexibility index (Phi) is 6.06. The zero-order chi connectivity index (χ0) is 18.2. The Morgan fingerprint density at radius 1 is 1.08 bits per heavy atom. The number of furan rings is 1. The molecule has 0 bridgehead atoms. The van der Waals surface area contributed by atoms with E-state index in [1.54, 1.807) is 6.26 Å². The highest BCUT2D eigenvalue weighted by molar-refractivity contribution is 5.95. The molecule has 0 unspecified atom stereocenters. The highest BCUT2D eigenvalue weighted by Crippen LogP contribution is 2.24. The summed E-state index contributed by atoms with van der Waals surface area (Å²) in [5.74, 6) is 1.39. The van der Waals surface area contributed by atoms with E-state index in [0.717, 1.165) is 11.3 Å². The normalized spacial score (nSPS) is 11.7. The highest BCUT2D eigenvalue weighted by Gasteiger charge is 2.25. The van der Waals surface area contributed by atoms with Gasteiger partial charge in [-0.25, -0.2) is 0 Å². The molecule has 3 aromatic rings. The van der Waals surface area contributed by atoms with E-state index >= 15 is 0 Å². The average Bonchev–Trinajstić information content (AvgIpc) is 3.18. The molecule has 5 heteroatoms. The first-order valence-electron chi connectivity index (χ1n) is 8.71. The molecule has 1 atom stereocenters. The Bertz CT molecular complexity index is 816. The molecule has 0 aliphatic carbocycles. The molecule has 0 radical (unpaired) electrons. The molecule has 1 heterocycles. The second kappa shape index (κ2) is 8.87. The standard InChI is InChI=1S/C21H22N2O3/c1-2-25-19-13-7-6-12-18(19)23-21(24)20(16-9-4-3-5-10-16)22-15-17-11-8-14-26-17/h3-14,20,22H,2,15H2,1H3,(H,23,24)/p+1/t20-/m1/s1. The fraction of sp³-hybridized carbons (Fsp3) is 0.190. The van der Waals surface area contributed by atoms with Crippen molar-refractivity contribution in [1.82, 2.24) is 0 Å². The minimum absolute atomic E-state index is 0.102. The molecule has 5 nitrogen and oxygen atoms in total. The molecule has 0 aliphatic rings. The van der Waals surface area contributed by atoms with Gasteiger partial charge in [0.05, 0.1) is 18.6 Å². The van der Waals surface area contributed by atoms with Gasteiger partial charge in [-0.1, -0.05) is 42.5 Å². The average molecular weight is 351 g/mol. The number of ether oxygens (including phenoxy) is 1. The van der Waals surface area contributed by atoms with E-state index in [4.69, 9.17) is 9.15 Å². The van der Waals surface area contributed by atoms with Crippen LogP contribution in [-0.2, 0) is 11.3 Å². The van der Waals surface area contributed by atoms with Crippen LogP contribution in [0, 0.1) is 0 Å². The van der Waals surface area contributed by atoms with Crippen molar-refractivity contribution >= 4 is 11.6 Å². The van der Waals surface area contributed by atoms with Crippen molar-refractivity contribution in [1.29, 1.82) is 0 Å². The van der Waals surface area contributed by atoms with Gasteiger partial charge < -0.3 is 19.8 Å². The van der Waals surface area contributed by atoms with E-state index in [1.165, 1.54) is 0 Å². The first-order chi connectivity index (χ1) is 12.8. The molecule has 0 fully saturated rings. The number of benzene rings is 2. The summed E-state index contributed by atoms with van der Waals surface area (Å²) in [6, 6.07) is 20.5. The molecule has 3 N–H and O–H groups in total. The fourth-order valence-electron chi connectivity index (χ4n) is 2.78. The predicted octanol–water partition coefficient (Wildman–Crippen LogP) is 3.12. The summed E-state index contributed by atoms with van der Waals surface area (Å²) in [4.78, 5) is 13.0. The lowest BCUT2D eigenvalue weighted by molar-refractivity contribution is -0.699. The molecule has 26 heavy (non-hydrogen) atoms. The van der Waals surface area contributed by atoms with Crippen LogP contribution in [0.3, 0.4) is 0 Å². The Morgan fingerprint density at radius 2 is 1.85 bits per heavy atom. The molecule has 134 valence electrons. The number of hydrogen-bond acceptors (Lipinski definition) is 3. The van der Waals surface area contributed by atoms with E-state index in [2.05, 4.69) is 5.32 Å². The summed E-state index contributed by atoms with van der Waals surface area (Å²) in [5.41, 5.74) is 1.61. The summed E-state index contributed by atoms with van der Waals surface area (Å²) in [6.07, 6.45) is 1.64. The minimum Gasteiger partial charge on any atom is -0.492 e. The minimum atomic E-state index is -0.393. The maximum atomic E-state index is 13.0. The van der Waals surface area contributed by atoms with Gasteiger partial charge in [0, 0.05) is 5.56 Å². The number of nitrogens with one attached hydrogen (secondary N) is 1. The van der Waals surface area contributed by atoms with Crippen LogP contribution in [0.15, 0.2) is 77.4 Å². The zero-order valence-corrected chi connectivity index (χ0v) is 14.7. The lowest BCUT2D eigenvalue weighted by atomic mass is 10.1. The van der Waals surface area contributed by atoms with Crippen molar-refractivity contribution in [3.05, 3.63) is 84.3 Å². The van der Waals surface area contributed by atoms with Crippen molar-refractivity contribution in [2.24, 2.45) is 0 Å². The number of anilines is 1. The number of amides is 1. The van der Waals surface area contributed by atoms with Crippen LogP contribution < -0.4 is 15.4 Å². The van der Waals surface area contributed by atoms with Crippen LogP contribution in [-0.4, -0.2) is 12.5 Å². The summed E-state index contributed by atoms with van der Waals surface area (Å²) >= 11 is 0. The molecule has 3 rings (SSSR count). The third kappa shape index (κ3) is 4.52. The van der Waals surface area contributed by atoms with E-state index in [-0.39, 0.29) is 5.91 Å². The third-order valence-electron chi connectivity index (χ3n) is 4.02. The van der Waals surface area contributed by atoms with Crippen LogP contribution in [0.5, 0.6) is 5.75 Å². The van der Waals surface area contributed by atoms with E-state index < -0.39 is 6.04 Å². The number of quaternary nitrogens is 1. The van der Waals surface area contributed by atoms with Crippen LogP contribution in [0.25, 0.3) is 0 Å². The Hall–Kier alpha value is -3.05. The zero-order valence-electron chi connectivity index (χ0n) is 14.7. The summed E-state index contributed by atoms with van der Waals surface area (Å²) in [5, 5.41) is 4.96. The van der Waals surface area contributed by atoms with Gasteiger partial charge in [-0.05, 0) is 31.2 Å². The van der Waals surface area contributed by atoms with Crippen LogP contribution in [0.4, 0.5) is 5.69 Å². The molecular weight excluding hydrogens is 328 g/mol. The van der Waals surface area contributed by atoms with Crippen molar-refractivity contribution in [2.45, 2.75) is 19.5 Å². The van der Waals surface area contributed by atoms with Crippen molar-refractivity contribution in [3.63, 3.8) is 0 Å². The predicted molar refractivity (Wildman–Crippen MR) is 99.8 cm³/mol. The maximum Gasteiger partial charge on any atom is 0.287 e. The second-order valence-electron chi connectivity index (χ2n) is 5.83. The molecule has 2 aromatic carbocycles. The molecule has 0 aliphatic heterocycles. The van der Waals surface area contributed by atoms with Gasteiger partial charge in [-0.15, -0.1) is 0 Å². The lowest BCUT2D eigenvalue weighted by Gasteiger charge is -2.17. The largest absolute Gasteiger partial charge is 0.492 e. The monoisotopic (exact) mass is 351 g/mol. The topological polar surface area (TPSA) is 68.1 Å². The smallest absolute Gasteiger partial charge is 0.287 e. The van der Waals surface area contributed by atoms with Gasteiger partial charge in [0.15, 0.2) is 11.8 Å². The molecule has 0 saturated heterocycles. The number of nitrogens with two attached hydrogens (primary N) is 1. The first kappa shape index (κ1) is 17.8.